The van der Waals surface area contributed by atoms with Crippen molar-refractivity contribution >= 4 is 73.9 Å². The lowest BCUT2D eigenvalue weighted by molar-refractivity contribution is 0.0601. The molecule has 0 aliphatic carbocycles. The lowest BCUT2D eigenvalue weighted by Gasteiger charge is -2.10. The van der Waals surface area contributed by atoms with Gasteiger partial charge in [-0.25, -0.2) is 9.59 Å². The molecule has 0 unspecified atom stereocenters. The summed E-state index contributed by atoms with van der Waals surface area (Å²) in [5.41, 5.74) is 1.56. The minimum absolute atomic E-state index is 0.264. The van der Waals surface area contributed by atoms with Crippen LogP contribution in [0.3, 0.4) is 0 Å². The monoisotopic (exact) mass is 490 g/mol. The maximum Gasteiger partial charge on any atom is 0.348 e. The van der Waals surface area contributed by atoms with E-state index in [1.165, 1.54) is 14.2 Å². The SMILES string of the molecule is COC(=O)c1sc(NC(=S)Nc2ccc(I)cc2)c(C(=O)OC)c1C. The maximum absolute atomic E-state index is 12.1. The average molecular weight is 490 g/mol. The molecule has 2 rings (SSSR count). The highest BCUT2D eigenvalue weighted by Gasteiger charge is 2.26. The molecule has 0 amide bonds. The van der Waals surface area contributed by atoms with Gasteiger partial charge in [0, 0.05) is 9.26 Å². The Bertz CT molecular complexity index is 818. The van der Waals surface area contributed by atoms with Gasteiger partial charge in [-0.3, -0.25) is 0 Å². The van der Waals surface area contributed by atoms with Gasteiger partial charge < -0.3 is 20.1 Å². The zero-order valence-corrected chi connectivity index (χ0v) is 17.4. The fraction of sp³-hybridized carbons (Fsp3) is 0.188. The first kappa shape index (κ1) is 19.6. The van der Waals surface area contributed by atoms with Gasteiger partial charge in [0.1, 0.15) is 9.88 Å². The zero-order chi connectivity index (χ0) is 18.6. The predicted octanol–water partition coefficient (Wildman–Crippen LogP) is 4.04. The number of hydrogen-bond acceptors (Lipinski definition) is 6. The molecular formula is C16H15IN2O4S2. The highest BCUT2D eigenvalue weighted by molar-refractivity contribution is 14.1. The second-order valence-electron chi connectivity index (χ2n) is 4.83. The average Bonchev–Trinajstić information content (AvgIpc) is 2.91. The molecule has 2 N–H and O–H groups in total. The molecule has 0 radical (unpaired) electrons. The summed E-state index contributed by atoms with van der Waals surface area (Å²) in [7, 11) is 2.57. The zero-order valence-electron chi connectivity index (χ0n) is 13.6. The molecule has 0 saturated carbocycles. The number of esters is 2. The Hall–Kier alpha value is -1.72. The van der Waals surface area contributed by atoms with Crippen LogP contribution in [0, 0.1) is 10.5 Å². The van der Waals surface area contributed by atoms with Crippen LogP contribution in [0.1, 0.15) is 25.6 Å². The summed E-state index contributed by atoms with van der Waals surface area (Å²) in [5.74, 6) is -1.07. The van der Waals surface area contributed by atoms with Crippen LogP contribution in [0.15, 0.2) is 24.3 Å². The molecule has 9 heteroatoms. The minimum atomic E-state index is -0.552. The van der Waals surface area contributed by atoms with Gasteiger partial charge >= 0.3 is 11.9 Å². The maximum atomic E-state index is 12.1. The molecule has 1 aromatic heterocycles. The number of halogens is 1. The second-order valence-corrected chi connectivity index (χ2v) is 7.50. The van der Waals surface area contributed by atoms with Crippen molar-refractivity contribution in [3.8, 4) is 0 Å². The molecule has 0 aliphatic rings. The van der Waals surface area contributed by atoms with Crippen LogP contribution < -0.4 is 10.6 Å². The third-order valence-corrected chi connectivity index (χ3v) is 5.35. The van der Waals surface area contributed by atoms with E-state index in [1.807, 2.05) is 24.3 Å². The molecule has 0 spiro atoms. The number of anilines is 2. The number of thiocarbonyl (C=S) groups is 1. The van der Waals surface area contributed by atoms with Crippen molar-refractivity contribution in [3.05, 3.63) is 43.8 Å². The van der Waals surface area contributed by atoms with Crippen molar-refractivity contribution < 1.29 is 19.1 Å². The van der Waals surface area contributed by atoms with Crippen molar-refractivity contribution in [2.45, 2.75) is 6.92 Å². The van der Waals surface area contributed by atoms with Crippen molar-refractivity contribution in [1.29, 1.82) is 0 Å². The number of methoxy groups -OCH3 is 2. The normalized spacial score (nSPS) is 10.1. The van der Waals surface area contributed by atoms with Crippen LogP contribution in [0.5, 0.6) is 0 Å². The Balaban J connectivity index is 2.27. The van der Waals surface area contributed by atoms with Gasteiger partial charge in [0.25, 0.3) is 0 Å². The van der Waals surface area contributed by atoms with Gasteiger partial charge in [0.05, 0.1) is 19.8 Å². The molecular weight excluding hydrogens is 475 g/mol. The van der Waals surface area contributed by atoms with Gasteiger partial charge in [-0.1, -0.05) is 0 Å². The van der Waals surface area contributed by atoms with Crippen LogP contribution in [0.4, 0.5) is 10.7 Å². The van der Waals surface area contributed by atoms with Gasteiger partial charge in [0.15, 0.2) is 5.11 Å². The first-order valence-corrected chi connectivity index (χ1v) is 9.31. The minimum Gasteiger partial charge on any atom is -0.465 e. The molecule has 0 atom stereocenters. The van der Waals surface area contributed by atoms with E-state index in [-0.39, 0.29) is 5.56 Å². The Labute approximate surface area is 168 Å². The van der Waals surface area contributed by atoms with Crippen LogP contribution in [0.2, 0.25) is 0 Å². The third kappa shape index (κ3) is 4.67. The van der Waals surface area contributed by atoms with E-state index in [4.69, 9.17) is 21.7 Å². The fourth-order valence-electron chi connectivity index (χ4n) is 2.04. The molecule has 2 aromatic rings. The van der Waals surface area contributed by atoms with Crippen molar-refractivity contribution in [2.24, 2.45) is 0 Å². The summed E-state index contributed by atoms with van der Waals surface area (Å²) in [6.45, 7) is 1.66. The van der Waals surface area contributed by atoms with E-state index in [1.54, 1.807) is 6.92 Å². The predicted molar refractivity (Wildman–Crippen MR) is 111 cm³/mol. The molecule has 0 bridgehead atoms. The standard InChI is InChI=1S/C16H15IN2O4S2/c1-8-11(14(20)22-2)13(25-12(8)15(21)23-3)19-16(24)18-10-6-4-9(17)5-7-10/h4-7H,1-3H3,(H2,18,19,24). The van der Waals surface area contributed by atoms with Crippen molar-refractivity contribution in [2.75, 3.05) is 24.9 Å². The second kappa shape index (κ2) is 8.59. The van der Waals surface area contributed by atoms with Crippen LogP contribution >= 0.6 is 46.1 Å². The van der Waals surface area contributed by atoms with Crippen molar-refractivity contribution in [3.63, 3.8) is 0 Å². The Morgan fingerprint density at radius 1 is 1.08 bits per heavy atom. The number of carbonyl (C=O) groups excluding carboxylic acids is 2. The van der Waals surface area contributed by atoms with E-state index in [9.17, 15) is 9.59 Å². The number of ether oxygens (including phenoxy) is 2. The molecule has 132 valence electrons. The first-order valence-electron chi connectivity index (χ1n) is 7.01. The van der Waals surface area contributed by atoms with E-state index >= 15 is 0 Å². The van der Waals surface area contributed by atoms with E-state index < -0.39 is 11.9 Å². The molecule has 0 saturated heterocycles. The van der Waals surface area contributed by atoms with Gasteiger partial charge in [-0.2, -0.15) is 0 Å². The summed E-state index contributed by atoms with van der Waals surface area (Å²) in [6.07, 6.45) is 0. The van der Waals surface area contributed by atoms with Crippen LogP contribution in [0.25, 0.3) is 0 Å². The molecule has 1 aromatic carbocycles. The highest BCUT2D eigenvalue weighted by atomic mass is 127. The van der Waals surface area contributed by atoms with E-state index in [0.717, 1.165) is 20.6 Å². The molecule has 6 nitrogen and oxygen atoms in total. The van der Waals surface area contributed by atoms with Crippen LogP contribution in [-0.2, 0) is 9.47 Å². The molecule has 0 aliphatic heterocycles. The summed E-state index contributed by atoms with van der Waals surface area (Å²) < 4.78 is 10.7. The molecule has 0 fully saturated rings. The summed E-state index contributed by atoms with van der Waals surface area (Å²) in [5, 5.41) is 6.71. The number of nitrogens with one attached hydrogen (secondary N) is 2. The topological polar surface area (TPSA) is 76.7 Å². The number of hydrogen-bond donors (Lipinski definition) is 2. The summed E-state index contributed by atoms with van der Waals surface area (Å²) in [4.78, 5) is 24.3. The lowest BCUT2D eigenvalue weighted by Crippen LogP contribution is -2.20. The number of carbonyl (C=O) groups is 2. The van der Waals surface area contributed by atoms with Gasteiger partial charge in [-0.15, -0.1) is 11.3 Å². The smallest absolute Gasteiger partial charge is 0.348 e. The number of thiophene rings is 1. The quantitative estimate of drug-likeness (QED) is 0.381. The lowest BCUT2D eigenvalue weighted by atomic mass is 10.1. The van der Waals surface area contributed by atoms with Gasteiger partial charge in [0.2, 0.25) is 0 Å². The van der Waals surface area contributed by atoms with E-state index in [2.05, 4.69) is 33.2 Å². The third-order valence-electron chi connectivity index (χ3n) is 3.24. The largest absolute Gasteiger partial charge is 0.465 e. The Kier molecular flexibility index (Phi) is 6.73. The molecule has 25 heavy (non-hydrogen) atoms. The van der Waals surface area contributed by atoms with Crippen molar-refractivity contribution in [1.82, 2.24) is 0 Å². The Morgan fingerprint density at radius 2 is 1.68 bits per heavy atom. The molecule has 1 heterocycles. The Morgan fingerprint density at radius 3 is 2.24 bits per heavy atom. The first-order chi connectivity index (χ1) is 11.9. The summed E-state index contributed by atoms with van der Waals surface area (Å²) in [6, 6.07) is 7.65. The fourth-order valence-corrected chi connectivity index (χ4v) is 3.80. The highest BCUT2D eigenvalue weighted by Crippen LogP contribution is 2.34. The van der Waals surface area contributed by atoms with Crippen LogP contribution in [-0.4, -0.2) is 31.3 Å². The van der Waals surface area contributed by atoms with Gasteiger partial charge in [-0.05, 0) is 71.6 Å². The number of rotatable bonds is 4. The van der Waals surface area contributed by atoms with E-state index in [0.29, 0.717) is 20.6 Å². The number of benzene rings is 1. The summed E-state index contributed by atoms with van der Waals surface area (Å²) >= 11 is 8.59.